The summed E-state index contributed by atoms with van der Waals surface area (Å²) in [5.74, 6) is 0. The topological polar surface area (TPSA) is 3.24 Å². The molecule has 21 heavy (non-hydrogen) atoms. The second-order valence-electron chi connectivity index (χ2n) is 6.44. The Morgan fingerprint density at radius 1 is 0.762 bits per heavy atom. The van der Waals surface area contributed by atoms with Crippen molar-refractivity contribution < 1.29 is 0 Å². The lowest BCUT2D eigenvalue weighted by molar-refractivity contribution is 0.236. The molecule has 0 N–H and O–H groups in total. The molecule has 2 aromatic carbocycles. The smallest absolute Gasteiger partial charge is 0.120 e. The summed E-state index contributed by atoms with van der Waals surface area (Å²) in [5, 5.41) is 3.22. The van der Waals surface area contributed by atoms with Gasteiger partial charge < -0.3 is 4.90 Å². The largest absolute Gasteiger partial charge is 0.301 e. The first-order valence-corrected chi connectivity index (χ1v) is 10.5. The van der Waals surface area contributed by atoms with Crippen LogP contribution in [0.15, 0.2) is 60.7 Å². The number of hydrogen-bond acceptors (Lipinski definition) is 1. The van der Waals surface area contributed by atoms with Crippen molar-refractivity contribution in [3.05, 3.63) is 60.7 Å². The van der Waals surface area contributed by atoms with E-state index >= 15 is 0 Å². The van der Waals surface area contributed by atoms with Crippen LogP contribution in [-0.2, 0) is 0 Å². The van der Waals surface area contributed by atoms with Gasteiger partial charge >= 0.3 is 0 Å². The van der Waals surface area contributed by atoms with E-state index < -0.39 is 8.07 Å². The molecule has 0 aliphatic carbocycles. The number of benzene rings is 2. The fourth-order valence-corrected chi connectivity index (χ4v) is 8.42. The van der Waals surface area contributed by atoms with Crippen LogP contribution in [0.5, 0.6) is 0 Å². The molecule has 0 radical (unpaired) electrons. The van der Waals surface area contributed by atoms with Gasteiger partial charge in [0.05, 0.1) is 0 Å². The van der Waals surface area contributed by atoms with E-state index in [1.165, 1.54) is 25.2 Å². The zero-order valence-electron chi connectivity index (χ0n) is 13.1. The molecule has 3 rings (SSSR count). The molecular weight excluding hydrogens is 270 g/mol. The summed E-state index contributed by atoms with van der Waals surface area (Å²) in [6.45, 7) is 7.13. The Kier molecular flexibility index (Phi) is 4.27. The average Bonchev–Trinajstić information content (AvgIpc) is 2.56. The van der Waals surface area contributed by atoms with Crippen LogP contribution in [0, 0.1) is 0 Å². The first-order chi connectivity index (χ1) is 10.2. The maximum Gasteiger partial charge on any atom is 0.120 e. The monoisotopic (exact) mass is 295 g/mol. The molecule has 0 aromatic heterocycles. The predicted molar refractivity (Wildman–Crippen MR) is 94.2 cm³/mol. The minimum Gasteiger partial charge on any atom is -0.301 e. The summed E-state index contributed by atoms with van der Waals surface area (Å²) < 4.78 is 0. The van der Waals surface area contributed by atoms with Crippen LogP contribution in [-0.4, -0.2) is 32.1 Å². The lowest BCUT2D eigenvalue weighted by Crippen LogP contribution is -2.63. The first kappa shape index (κ1) is 14.5. The second-order valence-corrected chi connectivity index (χ2v) is 10.8. The van der Waals surface area contributed by atoms with Crippen molar-refractivity contribution >= 4 is 18.4 Å². The summed E-state index contributed by atoms with van der Waals surface area (Å²) in [7, 11) is -1.56. The Hall–Kier alpha value is -1.38. The minimum absolute atomic E-state index is 0.670. The lowest BCUT2D eigenvalue weighted by atomic mass is 10.3. The van der Waals surface area contributed by atoms with Crippen LogP contribution in [0.2, 0.25) is 12.1 Å². The first-order valence-electron chi connectivity index (χ1n) is 8.07. The molecule has 1 aliphatic heterocycles. The Morgan fingerprint density at radius 3 is 1.57 bits per heavy atom. The summed E-state index contributed by atoms with van der Waals surface area (Å²) >= 11 is 0. The van der Waals surface area contributed by atoms with Crippen LogP contribution in [0.4, 0.5) is 0 Å². The molecule has 0 atom stereocenters. The quantitative estimate of drug-likeness (QED) is 0.787. The van der Waals surface area contributed by atoms with Gasteiger partial charge in [0, 0.05) is 6.04 Å². The molecule has 0 bridgehead atoms. The molecule has 0 amide bonds. The Balaban J connectivity index is 1.98. The van der Waals surface area contributed by atoms with Crippen molar-refractivity contribution in [2.45, 2.75) is 32.0 Å². The van der Waals surface area contributed by atoms with Gasteiger partial charge in [-0.3, -0.25) is 0 Å². The highest BCUT2D eigenvalue weighted by atomic mass is 28.3. The van der Waals surface area contributed by atoms with Gasteiger partial charge in [-0.05, 0) is 39.0 Å². The molecule has 0 spiro atoms. The van der Waals surface area contributed by atoms with Crippen LogP contribution in [0.1, 0.15) is 13.8 Å². The lowest BCUT2D eigenvalue weighted by Gasteiger charge is -2.42. The van der Waals surface area contributed by atoms with E-state index in [-0.39, 0.29) is 0 Å². The van der Waals surface area contributed by atoms with Gasteiger partial charge in [0.15, 0.2) is 0 Å². The fourth-order valence-electron chi connectivity index (χ4n) is 3.68. The molecule has 1 nitrogen and oxygen atoms in total. The van der Waals surface area contributed by atoms with Gasteiger partial charge in [-0.1, -0.05) is 71.0 Å². The molecule has 1 saturated heterocycles. The van der Waals surface area contributed by atoms with Crippen LogP contribution < -0.4 is 10.4 Å². The Morgan fingerprint density at radius 2 is 1.19 bits per heavy atom. The molecule has 110 valence electrons. The van der Waals surface area contributed by atoms with Gasteiger partial charge in [0.25, 0.3) is 0 Å². The van der Waals surface area contributed by atoms with E-state index in [0.29, 0.717) is 6.04 Å². The third-order valence-electron chi connectivity index (χ3n) is 5.03. The third kappa shape index (κ3) is 2.83. The highest BCUT2D eigenvalue weighted by Gasteiger charge is 2.40. The predicted octanol–water partition coefficient (Wildman–Crippen LogP) is 2.97. The van der Waals surface area contributed by atoms with Crippen LogP contribution in [0.3, 0.4) is 0 Å². The Labute approximate surface area is 129 Å². The summed E-state index contributed by atoms with van der Waals surface area (Å²) in [5.41, 5.74) is 0. The number of nitrogens with zero attached hydrogens (tertiary/aromatic N) is 1. The van der Waals surface area contributed by atoms with E-state index in [9.17, 15) is 0 Å². The maximum atomic E-state index is 2.64. The van der Waals surface area contributed by atoms with Gasteiger partial charge in [-0.25, -0.2) is 0 Å². The van der Waals surface area contributed by atoms with Crippen molar-refractivity contribution in [2.75, 3.05) is 13.1 Å². The Bertz CT molecular complexity index is 515. The van der Waals surface area contributed by atoms with Crippen LogP contribution >= 0.6 is 0 Å². The molecule has 2 aromatic rings. The van der Waals surface area contributed by atoms with E-state index in [4.69, 9.17) is 0 Å². The van der Waals surface area contributed by atoms with Gasteiger partial charge in [0.1, 0.15) is 8.07 Å². The SMILES string of the molecule is CC(C)N1CC[Si](c2ccccc2)(c2ccccc2)CC1. The number of rotatable bonds is 3. The minimum atomic E-state index is -1.56. The van der Waals surface area contributed by atoms with Crippen molar-refractivity contribution in [1.29, 1.82) is 0 Å². The fraction of sp³-hybridized carbons (Fsp3) is 0.368. The summed E-state index contributed by atoms with van der Waals surface area (Å²) in [6, 6.07) is 25.9. The van der Waals surface area contributed by atoms with Crippen molar-refractivity contribution in [1.82, 2.24) is 4.90 Å². The van der Waals surface area contributed by atoms with Crippen LogP contribution in [0.25, 0.3) is 0 Å². The van der Waals surface area contributed by atoms with Gasteiger partial charge in [0.2, 0.25) is 0 Å². The van der Waals surface area contributed by atoms with Gasteiger partial charge in [-0.15, -0.1) is 0 Å². The molecular formula is C19H25NSi. The zero-order valence-corrected chi connectivity index (χ0v) is 14.1. The number of hydrogen-bond donors (Lipinski definition) is 0. The highest BCUT2D eigenvalue weighted by molar-refractivity contribution is 7.02. The van der Waals surface area contributed by atoms with Crippen molar-refractivity contribution in [3.8, 4) is 0 Å². The molecule has 2 heteroatoms. The van der Waals surface area contributed by atoms with Crippen molar-refractivity contribution in [2.24, 2.45) is 0 Å². The van der Waals surface area contributed by atoms with E-state index in [1.54, 1.807) is 10.4 Å². The molecule has 1 heterocycles. The van der Waals surface area contributed by atoms with Crippen molar-refractivity contribution in [3.63, 3.8) is 0 Å². The average molecular weight is 296 g/mol. The third-order valence-corrected chi connectivity index (χ3v) is 10.1. The molecule has 0 saturated carbocycles. The van der Waals surface area contributed by atoms with E-state index in [2.05, 4.69) is 79.4 Å². The highest BCUT2D eigenvalue weighted by Crippen LogP contribution is 2.24. The zero-order chi connectivity index (χ0) is 14.7. The molecule has 1 fully saturated rings. The maximum absolute atomic E-state index is 2.64. The summed E-state index contributed by atoms with van der Waals surface area (Å²) in [6.07, 6.45) is 0. The standard InChI is InChI=1S/C19H25NSi/c1-17(2)20-13-15-21(16-14-20,18-9-5-3-6-10-18)19-11-7-4-8-12-19/h3-12,17H,13-16H2,1-2H3. The second kappa shape index (κ2) is 6.16. The van der Waals surface area contributed by atoms with E-state index in [1.807, 2.05) is 0 Å². The molecule has 1 aliphatic rings. The normalized spacial score (nSPS) is 18.8. The van der Waals surface area contributed by atoms with E-state index in [0.717, 1.165) is 0 Å². The van der Waals surface area contributed by atoms with Gasteiger partial charge in [-0.2, -0.15) is 0 Å². The summed E-state index contributed by atoms with van der Waals surface area (Å²) in [4.78, 5) is 2.64. The molecule has 0 unspecified atom stereocenters.